The number of nitrogens with one attached hydrogen (secondary N) is 1. The Bertz CT molecular complexity index is 436. The van der Waals surface area contributed by atoms with E-state index < -0.39 is 5.54 Å². The lowest BCUT2D eigenvalue weighted by atomic mass is 9.83. The summed E-state index contributed by atoms with van der Waals surface area (Å²) in [6, 6.07) is 4.58. The van der Waals surface area contributed by atoms with Crippen molar-refractivity contribution in [2.45, 2.75) is 38.6 Å². The molecular formula is C14H18FNO. The Morgan fingerprint density at radius 1 is 1.41 bits per heavy atom. The Labute approximate surface area is 101 Å². The molecule has 1 unspecified atom stereocenters. The minimum atomic E-state index is -0.484. The molecule has 1 aromatic carbocycles. The van der Waals surface area contributed by atoms with Gasteiger partial charge >= 0.3 is 0 Å². The van der Waals surface area contributed by atoms with E-state index in [9.17, 15) is 9.18 Å². The highest BCUT2D eigenvalue weighted by atomic mass is 19.1. The van der Waals surface area contributed by atoms with Gasteiger partial charge in [-0.3, -0.25) is 4.79 Å². The van der Waals surface area contributed by atoms with Gasteiger partial charge in [-0.15, -0.1) is 0 Å². The van der Waals surface area contributed by atoms with Crippen LogP contribution in [0, 0.1) is 12.7 Å². The summed E-state index contributed by atoms with van der Waals surface area (Å²) in [5, 5.41) is 3.28. The largest absolute Gasteiger partial charge is 0.305 e. The van der Waals surface area contributed by atoms with Crippen molar-refractivity contribution in [3.05, 3.63) is 35.1 Å². The molecule has 1 aliphatic heterocycles. The van der Waals surface area contributed by atoms with Crippen LogP contribution in [0.4, 0.5) is 4.39 Å². The number of halogens is 1. The fourth-order valence-electron chi connectivity index (χ4n) is 2.35. The molecule has 1 fully saturated rings. The predicted octanol–water partition coefficient (Wildman–Crippen LogP) is 2.85. The van der Waals surface area contributed by atoms with Gasteiger partial charge < -0.3 is 5.32 Å². The van der Waals surface area contributed by atoms with Crippen molar-refractivity contribution in [3.8, 4) is 0 Å². The van der Waals surface area contributed by atoms with Gasteiger partial charge in [0.25, 0.3) is 0 Å². The van der Waals surface area contributed by atoms with Crippen molar-refractivity contribution in [1.82, 2.24) is 5.32 Å². The van der Waals surface area contributed by atoms with Gasteiger partial charge in [-0.05, 0) is 63.4 Å². The van der Waals surface area contributed by atoms with Crippen LogP contribution >= 0.6 is 0 Å². The zero-order chi connectivity index (χ0) is 12.5. The molecule has 0 spiro atoms. The third-order valence-electron chi connectivity index (χ3n) is 3.54. The third-order valence-corrected chi connectivity index (χ3v) is 3.54. The number of carbonyl (C=O) groups is 1. The lowest BCUT2D eigenvalue weighted by Crippen LogP contribution is -2.52. The number of rotatable bonds is 2. The van der Waals surface area contributed by atoms with E-state index in [-0.39, 0.29) is 11.6 Å². The minimum absolute atomic E-state index is 0.0697. The summed E-state index contributed by atoms with van der Waals surface area (Å²) in [6.07, 6.45) is 3.03. The Morgan fingerprint density at radius 3 is 2.76 bits per heavy atom. The molecule has 0 saturated carbocycles. The van der Waals surface area contributed by atoms with Crippen LogP contribution in [-0.2, 0) is 0 Å². The van der Waals surface area contributed by atoms with Gasteiger partial charge in [-0.1, -0.05) is 0 Å². The summed E-state index contributed by atoms with van der Waals surface area (Å²) < 4.78 is 13.2. The molecule has 2 nitrogen and oxygen atoms in total. The van der Waals surface area contributed by atoms with Gasteiger partial charge in [-0.2, -0.15) is 0 Å². The van der Waals surface area contributed by atoms with Crippen molar-refractivity contribution in [2.75, 3.05) is 6.54 Å². The Balaban J connectivity index is 2.26. The third kappa shape index (κ3) is 2.39. The molecular weight excluding hydrogens is 217 g/mol. The smallest absolute Gasteiger partial charge is 0.182 e. The molecule has 1 N–H and O–H groups in total. The number of ketones is 1. The number of hydrogen-bond acceptors (Lipinski definition) is 2. The first-order valence-electron chi connectivity index (χ1n) is 6.09. The Morgan fingerprint density at radius 2 is 2.18 bits per heavy atom. The number of hydrogen-bond donors (Lipinski definition) is 1. The van der Waals surface area contributed by atoms with Crippen LogP contribution in [0.3, 0.4) is 0 Å². The van der Waals surface area contributed by atoms with Crippen LogP contribution in [-0.4, -0.2) is 17.9 Å². The second-order valence-electron chi connectivity index (χ2n) is 5.01. The monoisotopic (exact) mass is 235 g/mol. The van der Waals surface area contributed by atoms with E-state index in [1.54, 1.807) is 19.1 Å². The molecule has 0 aliphatic carbocycles. The van der Waals surface area contributed by atoms with Gasteiger partial charge in [0.05, 0.1) is 5.54 Å². The second kappa shape index (κ2) is 4.57. The molecule has 3 heteroatoms. The fraction of sp³-hybridized carbons (Fsp3) is 0.500. The fourth-order valence-corrected chi connectivity index (χ4v) is 2.35. The summed E-state index contributed by atoms with van der Waals surface area (Å²) in [4.78, 5) is 12.4. The van der Waals surface area contributed by atoms with E-state index in [0.717, 1.165) is 25.8 Å². The van der Waals surface area contributed by atoms with E-state index in [1.165, 1.54) is 6.07 Å². The Hall–Kier alpha value is -1.22. The maximum absolute atomic E-state index is 13.2. The summed E-state index contributed by atoms with van der Waals surface area (Å²) in [6.45, 7) is 4.50. The first-order chi connectivity index (χ1) is 8.03. The summed E-state index contributed by atoms with van der Waals surface area (Å²) in [5.74, 6) is -0.191. The van der Waals surface area contributed by atoms with Crippen LogP contribution in [0.2, 0.25) is 0 Å². The first-order valence-corrected chi connectivity index (χ1v) is 6.09. The molecule has 0 radical (unpaired) electrons. The highest BCUT2D eigenvalue weighted by Gasteiger charge is 2.34. The molecule has 0 amide bonds. The van der Waals surface area contributed by atoms with Crippen LogP contribution in [0.5, 0.6) is 0 Å². The zero-order valence-electron chi connectivity index (χ0n) is 10.3. The molecule has 1 aromatic rings. The SMILES string of the molecule is Cc1cc(C(=O)C2(C)CCCCN2)ccc1F. The van der Waals surface area contributed by atoms with E-state index in [0.29, 0.717) is 11.1 Å². The molecule has 0 bridgehead atoms. The van der Waals surface area contributed by atoms with Crippen molar-refractivity contribution in [2.24, 2.45) is 0 Å². The standard InChI is InChI=1S/C14H18FNO/c1-10-9-11(5-6-12(10)15)13(17)14(2)7-3-4-8-16-14/h5-6,9,16H,3-4,7-8H2,1-2H3. The van der Waals surface area contributed by atoms with E-state index in [4.69, 9.17) is 0 Å². The molecule has 92 valence electrons. The van der Waals surface area contributed by atoms with Gasteiger partial charge in [0.2, 0.25) is 0 Å². The van der Waals surface area contributed by atoms with E-state index in [2.05, 4.69) is 5.32 Å². The average Bonchev–Trinajstić information content (AvgIpc) is 2.33. The predicted molar refractivity (Wildman–Crippen MR) is 65.7 cm³/mol. The average molecular weight is 235 g/mol. The topological polar surface area (TPSA) is 29.1 Å². The lowest BCUT2D eigenvalue weighted by molar-refractivity contribution is 0.0834. The van der Waals surface area contributed by atoms with Crippen LogP contribution in [0.25, 0.3) is 0 Å². The van der Waals surface area contributed by atoms with E-state index in [1.807, 2.05) is 6.92 Å². The number of carbonyl (C=O) groups excluding carboxylic acids is 1. The van der Waals surface area contributed by atoms with Gasteiger partial charge in [0.15, 0.2) is 5.78 Å². The molecule has 2 rings (SSSR count). The normalized spacial score (nSPS) is 24.6. The second-order valence-corrected chi connectivity index (χ2v) is 5.01. The van der Waals surface area contributed by atoms with Gasteiger partial charge in [-0.25, -0.2) is 4.39 Å². The maximum atomic E-state index is 13.2. The first kappa shape index (κ1) is 12.2. The Kier molecular flexibility index (Phi) is 3.29. The molecule has 1 atom stereocenters. The number of piperidine rings is 1. The maximum Gasteiger partial charge on any atom is 0.182 e. The highest BCUT2D eigenvalue weighted by molar-refractivity contribution is 6.03. The molecule has 1 heterocycles. The molecule has 1 aliphatic rings. The summed E-state index contributed by atoms with van der Waals surface area (Å²) >= 11 is 0. The summed E-state index contributed by atoms with van der Waals surface area (Å²) in [5.41, 5.74) is 0.638. The number of benzene rings is 1. The minimum Gasteiger partial charge on any atom is -0.305 e. The van der Waals surface area contributed by atoms with Crippen molar-refractivity contribution < 1.29 is 9.18 Å². The number of aryl methyl sites for hydroxylation is 1. The quantitative estimate of drug-likeness (QED) is 0.799. The van der Waals surface area contributed by atoms with Crippen LogP contribution in [0.15, 0.2) is 18.2 Å². The van der Waals surface area contributed by atoms with Gasteiger partial charge in [0, 0.05) is 5.56 Å². The van der Waals surface area contributed by atoms with Crippen molar-refractivity contribution >= 4 is 5.78 Å². The zero-order valence-corrected chi connectivity index (χ0v) is 10.3. The van der Waals surface area contributed by atoms with Crippen LogP contribution in [0.1, 0.15) is 42.1 Å². The van der Waals surface area contributed by atoms with Crippen molar-refractivity contribution in [3.63, 3.8) is 0 Å². The van der Waals surface area contributed by atoms with Crippen LogP contribution < -0.4 is 5.32 Å². The number of Topliss-reactive ketones (excluding diaryl/α,β-unsaturated/α-hetero) is 1. The molecule has 1 saturated heterocycles. The molecule has 17 heavy (non-hydrogen) atoms. The van der Waals surface area contributed by atoms with Crippen molar-refractivity contribution in [1.29, 1.82) is 0 Å². The molecule has 0 aromatic heterocycles. The van der Waals surface area contributed by atoms with E-state index >= 15 is 0 Å². The lowest BCUT2D eigenvalue weighted by Gasteiger charge is -2.33. The highest BCUT2D eigenvalue weighted by Crippen LogP contribution is 2.24. The van der Waals surface area contributed by atoms with Gasteiger partial charge in [0.1, 0.15) is 5.82 Å². The summed E-state index contributed by atoms with van der Waals surface area (Å²) in [7, 11) is 0.